The molecule has 0 radical (unpaired) electrons. The number of benzene rings is 1. The monoisotopic (exact) mass is 270 g/mol. The van der Waals surface area contributed by atoms with Gasteiger partial charge < -0.3 is 15.8 Å². The minimum Gasteiger partial charge on any atom is -0.447 e. The quantitative estimate of drug-likeness (QED) is 0.827. The molecule has 5 heteroatoms. The van der Waals surface area contributed by atoms with Crippen molar-refractivity contribution < 1.29 is 9.53 Å². The normalized spacial score (nSPS) is 12.3. The summed E-state index contributed by atoms with van der Waals surface area (Å²) >= 11 is 5.93. The Labute approximate surface area is 112 Å². The number of ether oxygens (including phenoxy) is 1. The molecular weight excluding hydrogens is 252 g/mol. The molecule has 100 valence electrons. The Morgan fingerprint density at radius 1 is 1.44 bits per heavy atom. The predicted octanol–water partition coefficient (Wildman–Crippen LogP) is 2.99. The summed E-state index contributed by atoms with van der Waals surface area (Å²) in [6.07, 6.45) is 0.148. The lowest BCUT2D eigenvalue weighted by molar-refractivity contribution is 0.113. The van der Waals surface area contributed by atoms with Gasteiger partial charge in [0.05, 0.1) is 16.8 Å². The summed E-state index contributed by atoms with van der Waals surface area (Å²) in [6, 6.07) is 5.43. The molecule has 1 rings (SSSR count). The van der Waals surface area contributed by atoms with Gasteiger partial charge in [-0.3, -0.25) is 0 Å². The van der Waals surface area contributed by atoms with Crippen LogP contribution in [-0.4, -0.2) is 18.2 Å². The number of alkyl carbamates (subject to hydrolysis) is 1. The minimum absolute atomic E-state index is 0.0315. The predicted molar refractivity (Wildman–Crippen MR) is 73.8 cm³/mol. The van der Waals surface area contributed by atoms with Crippen molar-refractivity contribution in [2.75, 3.05) is 5.73 Å². The largest absolute Gasteiger partial charge is 0.447 e. The second-order valence-electron chi connectivity index (χ2n) is 4.56. The number of rotatable bonds is 4. The SMILES string of the molecule is CC(Cc1ccc(N)c(Cl)c1)NC(=O)OC(C)C. The molecule has 0 aliphatic heterocycles. The van der Waals surface area contributed by atoms with E-state index in [4.69, 9.17) is 22.1 Å². The third-order valence-electron chi connectivity index (χ3n) is 2.31. The van der Waals surface area contributed by atoms with Crippen LogP contribution in [0.4, 0.5) is 10.5 Å². The maximum atomic E-state index is 11.4. The number of amides is 1. The molecule has 1 atom stereocenters. The number of nitrogens with two attached hydrogens (primary N) is 1. The molecule has 0 aliphatic rings. The molecule has 0 saturated carbocycles. The highest BCUT2D eigenvalue weighted by Gasteiger charge is 2.10. The third-order valence-corrected chi connectivity index (χ3v) is 2.64. The molecule has 1 aromatic rings. The average Bonchev–Trinajstić information content (AvgIpc) is 2.21. The summed E-state index contributed by atoms with van der Waals surface area (Å²) in [5, 5.41) is 3.29. The van der Waals surface area contributed by atoms with Crippen LogP contribution in [0.15, 0.2) is 18.2 Å². The van der Waals surface area contributed by atoms with Crippen molar-refractivity contribution in [3.63, 3.8) is 0 Å². The van der Waals surface area contributed by atoms with Crippen LogP contribution in [0.5, 0.6) is 0 Å². The van der Waals surface area contributed by atoms with E-state index >= 15 is 0 Å². The topological polar surface area (TPSA) is 64.3 Å². The molecule has 0 bridgehead atoms. The lowest BCUT2D eigenvalue weighted by atomic mass is 10.1. The van der Waals surface area contributed by atoms with Crippen molar-refractivity contribution in [3.8, 4) is 0 Å². The number of hydrogen-bond acceptors (Lipinski definition) is 3. The van der Waals surface area contributed by atoms with Crippen LogP contribution in [0, 0.1) is 0 Å². The Bertz CT molecular complexity index is 421. The summed E-state index contributed by atoms with van der Waals surface area (Å²) in [5.41, 5.74) is 7.21. The highest BCUT2D eigenvalue weighted by molar-refractivity contribution is 6.33. The van der Waals surface area contributed by atoms with Gasteiger partial charge >= 0.3 is 6.09 Å². The molecule has 0 aromatic heterocycles. The summed E-state index contributed by atoms with van der Waals surface area (Å²) in [4.78, 5) is 11.4. The van der Waals surface area contributed by atoms with Crippen LogP contribution in [0.2, 0.25) is 5.02 Å². The summed E-state index contributed by atoms with van der Waals surface area (Å²) < 4.78 is 5.01. The first-order chi connectivity index (χ1) is 8.38. The first-order valence-corrected chi connectivity index (χ1v) is 6.27. The Hall–Kier alpha value is -1.42. The van der Waals surface area contributed by atoms with E-state index in [0.29, 0.717) is 17.1 Å². The van der Waals surface area contributed by atoms with Gasteiger partial charge in [-0.05, 0) is 44.9 Å². The van der Waals surface area contributed by atoms with Crippen LogP contribution < -0.4 is 11.1 Å². The molecule has 0 fully saturated rings. The van der Waals surface area contributed by atoms with E-state index < -0.39 is 6.09 Å². The molecule has 1 unspecified atom stereocenters. The van der Waals surface area contributed by atoms with Gasteiger partial charge in [-0.25, -0.2) is 4.79 Å². The number of nitrogens with one attached hydrogen (secondary N) is 1. The van der Waals surface area contributed by atoms with Crippen molar-refractivity contribution >= 4 is 23.4 Å². The summed E-state index contributed by atoms with van der Waals surface area (Å²) in [6.45, 7) is 5.53. The van der Waals surface area contributed by atoms with E-state index in [9.17, 15) is 4.79 Å². The minimum atomic E-state index is -0.404. The fraction of sp³-hybridized carbons (Fsp3) is 0.462. The van der Waals surface area contributed by atoms with Crippen LogP contribution in [0.1, 0.15) is 26.3 Å². The van der Waals surface area contributed by atoms with Crippen LogP contribution in [0.3, 0.4) is 0 Å². The Kier molecular flexibility index (Phi) is 5.28. The van der Waals surface area contributed by atoms with Crippen LogP contribution in [0.25, 0.3) is 0 Å². The maximum Gasteiger partial charge on any atom is 0.407 e. The number of halogens is 1. The maximum absolute atomic E-state index is 11.4. The van der Waals surface area contributed by atoms with Crippen molar-refractivity contribution in [3.05, 3.63) is 28.8 Å². The zero-order valence-electron chi connectivity index (χ0n) is 10.9. The van der Waals surface area contributed by atoms with Crippen molar-refractivity contribution in [2.45, 2.75) is 39.3 Å². The second-order valence-corrected chi connectivity index (χ2v) is 4.97. The van der Waals surface area contributed by atoms with Gasteiger partial charge in [0.2, 0.25) is 0 Å². The molecule has 0 spiro atoms. The molecule has 1 amide bonds. The third kappa shape index (κ3) is 4.84. The first-order valence-electron chi connectivity index (χ1n) is 5.89. The molecule has 0 heterocycles. The zero-order valence-corrected chi connectivity index (χ0v) is 11.6. The molecule has 1 aromatic carbocycles. The second kappa shape index (κ2) is 6.50. The van der Waals surface area contributed by atoms with Gasteiger partial charge in [-0.15, -0.1) is 0 Å². The van der Waals surface area contributed by atoms with Crippen LogP contribution in [-0.2, 0) is 11.2 Å². The van der Waals surface area contributed by atoms with E-state index in [1.807, 2.05) is 32.9 Å². The Morgan fingerprint density at radius 3 is 2.67 bits per heavy atom. The van der Waals surface area contributed by atoms with E-state index in [1.54, 1.807) is 6.07 Å². The molecule has 3 N–H and O–H groups in total. The molecule has 0 aliphatic carbocycles. The lowest BCUT2D eigenvalue weighted by Crippen LogP contribution is -2.35. The highest BCUT2D eigenvalue weighted by atomic mass is 35.5. The number of anilines is 1. The van der Waals surface area contributed by atoms with E-state index in [0.717, 1.165) is 5.56 Å². The average molecular weight is 271 g/mol. The van der Waals surface area contributed by atoms with Gasteiger partial charge in [0.1, 0.15) is 0 Å². The smallest absolute Gasteiger partial charge is 0.407 e. The first kappa shape index (κ1) is 14.6. The molecule has 18 heavy (non-hydrogen) atoms. The van der Waals surface area contributed by atoms with Gasteiger partial charge in [-0.2, -0.15) is 0 Å². The number of nitrogen functional groups attached to an aromatic ring is 1. The van der Waals surface area contributed by atoms with E-state index in [1.165, 1.54) is 0 Å². The fourth-order valence-corrected chi connectivity index (χ4v) is 1.75. The van der Waals surface area contributed by atoms with Gasteiger partial charge in [-0.1, -0.05) is 17.7 Å². The van der Waals surface area contributed by atoms with Crippen molar-refractivity contribution in [1.82, 2.24) is 5.32 Å². The van der Waals surface area contributed by atoms with Crippen LogP contribution >= 0.6 is 11.6 Å². The zero-order chi connectivity index (χ0) is 13.7. The standard InChI is InChI=1S/C13H19ClN2O2/c1-8(2)18-13(17)16-9(3)6-10-4-5-12(15)11(14)7-10/h4-5,7-9H,6,15H2,1-3H3,(H,16,17). The number of carbonyl (C=O) groups excluding carboxylic acids is 1. The molecular formula is C13H19ClN2O2. The summed E-state index contributed by atoms with van der Waals surface area (Å²) in [5.74, 6) is 0. The van der Waals surface area contributed by atoms with E-state index in [-0.39, 0.29) is 12.1 Å². The van der Waals surface area contributed by atoms with Crippen molar-refractivity contribution in [1.29, 1.82) is 0 Å². The van der Waals surface area contributed by atoms with Gasteiger partial charge in [0.15, 0.2) is 0 Å². The lowest BCUT2D eigenvalue weighted by Gasteiger charge is -2.15. The number of hydrogen-bond donors (Lipinski definition) is 2. The fourth-order valence-electron chi connectivity index (χ4n) is 1.55. The highest BCUT2D eigenvalue weighted by Crippen LogP contribution is 2.20. The Morgan fingerprint density at radius 2 is 2.11 bits per heavy atom. The van der Waals surface area contributed by atoms with E-state index in [2.05, 4.69) is 5.32 Å². The van der Waals surface area contributed by atoms with Gasteiger partial charge in [0.25, 0.3) is 0 Å². The summed E-state index contributed by atoms with van der Waals surface area (Å²) in [7, 11) is 0. The van der Waals surface area contributed by atoms with Crippen molar-refractivity contribution in [2.24, 2.45) is 0 Å². The number of carbonyl (C=O) groups is 1. The molecule has 4 nitrogen and oxygen atoms in total. The molecule has 0 saturated heterocycles. The van der Waals surface area contributed by atoms with Gasteiger partial charge in [0, 0.05) is 6.04 Å². The Balaban J connectivity index is 2.51.